The van der Waals surface area contributed by atoms with Crippen LogP contribution in [0.25, 0.3) is 0 Å². The molecule has 0 saturated heterocycles. The van der Waals surface area contributed by atoms with Crippen LogP contribution in [0.5, 0.6) is 0 Å². The van der Waals surface area contributed by atoms with Crippen molar-refractivity contribution < 1.29 is 43.2 Å². The maximum atomic E-state index is 13.7. The molecule has 2 N–H and O–H groups in total. The van der Waals surface area contributed by atoms with Gasteiger partial charge in [0, 0.05) is 12.6 Å². The zero-order valence-corrected chi connectivity index (χ0v) is 25.2. The van der Waals surface area contributed by atoms with Crippen molar-refractivity contribution in [2.45, 2.75) is 37.9 Å². The van der Waals surface area contributed by atoms with E-state index in [2.05, 4.69) is 5.32 Å². The third-order valence-corrected chi connectivity index (χ3v) is 6.89. The second-order valence-corrected chi connectivity index (χ2v) is 10.3. The zero-order chi connectivity index (χ0) is 32.7. The lowest BCUT2D eigenvalue weighted by Gasteiger charge is -2.26. The van der Waals surface area contributed by atoms with E-state index in [-0.39, 0.29) is 36.9 Å². The van der Waals surface area contributed by atoms with Crippen LogP contribution in [0.15, 0.2) is 121 Å². The first-order chi connectivity index (χ1) is 22.3. The molecule has 10 heteroatoms. The summed E-state index contributed by atoms with van der Waals surface area (Å²) in [7, 11) is 0. The second-order valence-electron chi connectivity index (χ2n) is 10.3. The summed E-state index contributed by atoms with van der Waals surface area (Å²) in [4.78, 5) is 52.0. The average molecular weight is 626 g/mol. The van der Waals surface area contributed by atoms with Crippen molar-refractivity contribution in [1.29, 1.82) is 0 Å². The summed E-state index contributed by atoms with van der Waals surface area (Å²) in [6, 6.07) is 34.2. The number of ether oxygens (including phenoxy) is 4. The van der Waals surface area contributed by atoms with E-state index < -0.39 is 42.2 Å². The van der Waals surface area contributed by atoms with Gasteiger partial charge in [-0.25, -0.2) is 19.2 Å². The molecule has 4 atom stereocenters. The van der Waals surface area contributed by atoms with E-state index in [1.54, 1.807) is 36.4 Å². The van der Waals surface area contributed by atoms with Crippen LogP contribution >= 0.6 is 0 Å². The van der Waals surface area contributed by atoms with Gasteiger partial charge in [-0.1, -0.05) is 97.1 Å². The summed E-state index contributed by atoms with van der Waals surface area (Å²) in [6.45, 7) is 2.20. The number of carbonyl (C=O) groups excluding carboxylic acids is 3. The Morgan fingerprint density at radius 1 is 0.652 bits per heavy atom. The van der Waals surface area contributed by atoms with Crippen molar-refractivity contribution in [2.24, 2.45) is 0 Å². The maximum absolute atomic E-state index is 13.7. The van der Waals surface area contributed by atoms with Gasteiger partial charge in [-0.15, -0.1) is 0 Å². The Hall–Kier alpha value is -5.32. The Morgan fingerprint density at radius 3 is 1.65 bits per heavy atom. The maximum Gasteiger partial charge on any atom is 0.352 e. The van der Waals surface area contributed by atoms with Gasteiger partial charge in [0.2, 0.25) is 12.2 Å². The molecule has 0 fully saturated rings. The van der Waals surface area contributed by atoms with Gasteiger partial charge in [0.15, 0.2) is 0 Å². The van der Waals surface area contributed by atoms with Crippen LogP contribution in [0.2, 0.25) is 0 Å². The molecule has 0 aliphatic carbocycles. The van der Waals surface area contributed by atoms with E-state index in [1.807, 2.05) is 67.6 Å². The van der Waals surface area contributed by atoms with Gasteiger partial charge in [0.1, 0.15) is 6.10 Å². The minimum Gasteiger partial charge on any atom is -0.478 e. The Balaban J connectivity index is 1.55. The summed E-state index contributed by atoms with van der Waals surface area (Å²) in [5, 5.41) is 13.4. The minimum absolute atomic E-state index is 0.0431. The highest BCUT2D eigenvalue weighted by atomic mass is 16.6. The van der Waals surface area contributed by atoms with Gasteiger partial charge in [-0.3, -0.25) is 0 Å². The molecule has 4 aromatic carbocycles. The van der Waals surface area contributed by atoms with Gasteiger partial charge in [-0.2, -0.15) is 0 Å². The van der Waals surface area contributed by atoms with Crippen LogP contribution in [-0.4, -0.2) is 60.4 Å². The van der Waals surface area contributed by atoms with E-state index in [9.17, 15) is 24.3 Å². The highest BCUT2D eigenvalue weighted by Crippen LogP contribution is 2.17. The fraction of sp³-hybridized carbons (Fsp3) is 0.222. The van der Waals surface area contributed by atoms with E-state index >= 15 is 0 Å². The lowest BCUT2D eigenvalue weighted by atomic mass is 10.1. The Kier molecular flexibility index (Phi) is 12.6. The van der Waals surface area contributed by atoms with Crippen molar-refractivity contribution in [2.75, 3.05) is 13.2 Å². The average Bonchev–Trinajstić information content (AvgIpc) is 3.09. The van der Waals surface area contributed by atoms with E-state index in [1.165, 1.54) is 24.3 Å². The summed E-state index contributed by atoms with van der Waals surface area (Å²) in [5.41, 5.74) is 1.99. The molecule has 0 aliphatic heterocycles. The monoisotopic (exact) mass is 625 g/mol. The van der Waals surface area contributed by atoms with E-state index in [0.29, 0.717) is 0 Å². The number of hydrogen-bond acceptors (Lipinski definition) is 9. The topological polar surface area (TPSA) is 137 Å². The molecule has 0 bridgehead atoms. The number of carbonyl (C=O) groups is 4. The van der Waals surface area contributed by atoms with Crippen LogP contribution in [0.1, 0.15) is 44.8 Å². The van der Waals surface area contributed by atoms with Crippen molar-refractivity contribution in [1.82, 2.24) is 5.32 Å². The number of benzene rings is 4. The largest absolute Gasteiger partial charge is 0.478 e. The number of carboxylic acid groups (broad SMARTS) is 1. The van der Waals surface area contributed by atoms with E-state index in [0.717, 1.165) is 11.1 Å². The van der Waals surface area contributed by atoms with Crippen molar-refractivity contribution in [3.05, 3.63) is 144 Å². The highest BCUT2D eigenvalue weighted by molar-refractivity contribution is 5.95. The molecule has 0 saturated carbocycles. The SMILES string of the molecule is C[C@@H](NC[C@@H](COCc1ccccc1)OC(=O)[C@@H](OC(=O)c1ccccc1)[C@H](OC(=O)c1ccccc1)C(=O)O)c1ccccc1. The Morgan fingerprint density at radius 2 is 1.13 bits per heavy atom. The molecule has 0 spiro atoms. The standard InChI is InChI=1S/C36H35NO9/c1-25(27-16-8-3-9-17-27)37-22-30(24-43-23-26-14-6-2-7-15-26)44-36(42)32(46-35(41)29-20-12-5-13-21-29)31(33(38)39)45-34(40)28-18-10-4-11-19-28/h2-21,25,30-32,37H,22-24H2,1H3,(H,38,39)/t25-,30+,31+,32+/m1/s1. The molecule has 238 valence electrons. The predicted octanol–water partition coefficient (Wildman–Crippen LogP) is 5.00. The zero-order valence-electron chi connectivity index (χ0n) is 25.2. The van der Waals surface area contributed by atoms with Gasteiger partial charge >= 0.3 is 23.9 Å². The number of carboxylic acids is 1. The molecule has 0 radical (unpaired) electrons. The van der Waals surface area contributed by atoms with Gasteiger partial charge in [-0.05, 0) is 42.3 Å². The normalized spacial score (nSPS) is 13.4. The second kappa shape index (κ2) is 17.2. The van der Waals surface area contributed by atoms with Crippen molar-refractivity contribution >= 4 is 23.9 Å². The molecular formula is C36H35NO9. The highest BCUT2D eigenvalue weighted by Gasteiger charge is 2.43. The Labute approximate surface area is 266 Å². The molecular weight excluding hydrogens is 590 g/mol. The lowest BCUT2D eigenvalue weighted by Crippen LogP contribution is -2.48. The molecule has 0 heterocycles. The van der Waals surface area contributed by atoms with Crippen LogP contribution in [0.3, 0.4) is 0 Å². The number of hydrogen-bond donors (Lipinski definition) is 2. The first-order valence-corrected chi connectivity index (χ1v) is 14.7. The van der Waals surface area contributed by atoms with Crippen molar-refractivity contribution in [3.8, 4) is 0 Å². The van der Waals surface area contributed by atoms with Crippen LogP contribution in [0, 0.1) is 0 Å². The smallest absolute Gasteiger partial charge is 0.352 e. The van der Waals surface area contributed by atoms with Crippen LogP contribution in [-0.2, 0) is 35.1 Å². The first-order valence-electron chi connectivity index (χ1n) is 14.7. The molecule has 0 aliphatic rings. The summed E-state index contributed by atoms with van der Waals surface area (Å²) >= 11 is 0. The third-order valence-electron chi connectivity index (χ3n) is 6.89. The molecule has 4 aromatic rings. The molecule has 46 heavy (non-hydrogen) atoms. The fourth-order valence-corrected chi connectivity index (χ4v) is 4.41. The molecule has 0 aromatic heterocycles. The summed E-state index contributed by atoms with van der Waals surface area (Å²) < 4.78 is 22.2. The van der Waals surface area contributed by atoms with Gasteiger partial charge in [0.25, 0.3) is 0 Å². The minimum atomic E-state index is -2.21. The quantitative estimate of drug-likeness (QED) is 0.129. The predicted molar refractivity (Wildman–Crippen MR) is 168 cm³/mol. The molecule has 0 amide bonds. The fourth-order valence-electron chi connectivity index (χ4n) is 4.41. The number of rotatable bonds is 16. The number of aliphatic carboxylic acids is 1. The summed E-state index contributed by atoms with van der Waals surface area (Å²) in [6.07, 6.45) is -5.30. The summed E-state index contributed by atoms with van der Waals surface area (Å²) in [5.74, 6) is -4.96. The van der Waals surface area contributed by atoms with E-state index in [4.69, 9.17) is 18.9 Å². The van der Waals surface area contributed by atoms with Crippen LogP contribution in [0.4, 0.5) is 0 Å². The number of nitrogens with one attached hydrogen (secondary N) is 1. The lowest BCUT2D eigenvalue weighted by molar-refractivity contribution is -0.176. The van der Waals surface area contributed by atoms with Crippen molar-refractivity contribution in [3.63, 3.8) is 0 Å². The third kappa shape index (κ3) is 10.1. The first kappa shape index (κ1) is 33.6. The molecule has 4 rings (SSSR count). The Bertz CT molecular complexity index is 1550. The van der Waals surface area contributed by atoms with Gasteiger partial charge < -0.3 is 29.4 Å². The van der Waals surface area contributed by atoms with Crippen LogP contribution < -0.4 is 5.32 Å². The number of esters is 3. The molecule has 10 nitrogen and oxygen atoms in total. The molecule has 0 unspecified atom stereocenters. The van der Waals surface area contributed by atoms with Gasteiger partial charge in [0.05, 0.1) is 24.3 Å².